The SMILES string of the molecule is CN1CCN(C(=O)CSc2nc3ccccc3c(=O)n2-c2ccccc2F)CC1. The first-order valence-electron chi connectivity index (χ1n) is 9.40. The van der Waals surface area contributed by atoms with Crippen LogP contribution in [0.5, 0.6) is 0 Å². The smallest absolute Gasteiger partial charge is 0.266 e. The van der Waals surface area contributed by atoms with Crippen molar-refractivity contribution in [3.8, 4) is 5.69 Å². The summed E-state index contributed by atoms with van der Waals surface area (Å²) in [7, 11) is 2.03. The molecule has 1 aliphatic rings. The van der Waals surface area contributed by atoms with Crippen molar-refractivity contribution in [2.24, 2.45) is 0 Å². The molecule has 4 rings (SSSR count). The maximum absolute atomic E-state index is 14.5. The van der Waals surface area contributed by atoms with Crippen molar-refractivity contribution in [1.29, 1.82) is 0 Å². The zero-order chi connectivity index (χ0) is 20.4. The highest BCUT2D eigenvalue weighted by Gasteiger charge is 2.21. The highest BCUT2D eigenvalue weighted by molar-refractivity contribution is 7.99. The lowest BCUT2D eigenvalue weighted by Gasteiger charge is -2.32. The van der Waals surface area contributed by atoms with Crippen LogP contribution in [-0.2, 0) is 4.79 Å². The van der Waals surface area contributed by atoms with Gasteiger partial charge in [0.2, 0.25) is 5.91 Å². The fraction of sp³-hybridized carbons (Fsp3) is 0.286. The molecule has 0 saturated carbocycles. The van der Waals surface area contributed by atoms with Crippen molar-refractivity contribution in [3.63, 3.8) is 0 Å². The predicted molar refractivity (Wildman–Crippen MR) is 112 cm³/mol. The third-order valence-electron chi connectivity index (χ3n) is 5.02. The molecule has 6 nitrogen and oxygen atoms in total. The first kappa shape index (κ1) is 19.6. The molecule has 1 saturated heterocycles. The van der Waals surface area contributed by atoms with Crippen LogP contribution in [0, 0.1) is 5.82 Å². The Balaban J connectivity index is 1.69. The van der Waals surface area contributed by atoms with Gasteiger partial charge in [0.05, 0.1) is 22.3 Å². The predicted octanol–water partition coefficient (Wildman–Crippen LogP) is 2.39. The maximum Gasteiger partial charge on any atom is 0.266 e. The van der Waals surface area contributed by atoms with Crippen LogP contribution in [0.2, 0.25) is 0 Å². The van der Waals surface area contributed by atoms with Gasteiger partial charge in [-0.1, -0.05) is 36.0 Å². The second-order valence-electron chi connectivity index (χ2n) is 6.98. The van der Waals surface area contributed by atoms with Crippen molar-refractivity contribution in [2.45, 2.75) is 5.16 Å². The normalized spacial score (nSPS) is 15.0. The summed E-state index contributed by atoms with van der Waals surface area (Å²) < 4.78 is 15.7. The number of fused-ring (bicyclic) bond motifs is 1. The molecule has 0 unspecified atom stereocenters. The van der Waals surface area contributed by atoms with Crippen molar-refractivity contribution in [2.75, 3.05) is 39.0 Å². The van der Waals surface area contributed by atoms with Crippen molar-refractivity contribution in [3.05, 3.63) is 64.7 Å². The monoisotopic (exact) mass is 412 g/mol. The largest absolute Gasteiger partial charge is 0.339 e. The van der Waals surface area contributed by atoms with Gasteiger partial charge < -0.3 is 9.80 Å². The lowest BCUT2D eigenvalue weighted by atomic mass is 10.2. The fourth-order valence-electron chi connectivity index (χ4n) is 3.33. The van der Waals surface area contributed by atoms with Gasteiger partial charge in [0, 0.05) is 26.2 Å². The molecule has 0 N–H and O–H groups in total. The number of nitrogens with zero attached hydrogens (tertiary/aromatic N) is 4. The summed E-state index contributed by atoms with van der Waals surface area (Å²) in [6, 6.07) is 13.1. The van der Waals surface area contributed by atoms with Crippen LogP contribution < -0.4 is 5.56 Å². The van der Waals surface area contributed by atoms with Crippen LogP contribution in [0.3, 0.4) is 0 Å². The summed E-state index contributed by atoms with van der Waals surface area (Å²) in [5.74, 6) is -0.382. The number of benzene rings is 2. The molecule has 2 heterocycles. The molecule has 1 aromatic heterocycles. The minimum atomic E-state index is -0.515. The van der Waals surface area contributed by atoms with Gasteiger partial charge in [-0.05, 0) is 31.3 Å². The molecule has 1 amide bonds. The van der Waals surface area contributed by atoms with E-state index in [9.17, 15) is 14.0 Å². The second-order valence-corrected chi connectivity index (χ2v) is 7.92. The molecule has 0 spiro atoms. The Labute approximate surface area is 171 Å². The van der Waals surface area contributed by atoms with Gasteiger partial charge in [0.1, 0.15) is 5.82 Å². The standard InChI is InChI=1S/C21H21FN4O2S/c1-24-10-12-25(13-11-24)19(27)14-29-21-23-17-8-4-2-6-15(17)20(28)26(21)18-9-5-3-7-16(18)22/h2-9H,10-14H2,1H3. The summed E-state index contributed by atoms with van der Waals surface area (Å²) in [4.78, 5) is 34.3. The molecule has 1 aliphatic heterocycles. The lowest BCUT2D eigenvalue weighted by Crippen LogP contribution is -2.47. The van der Waals surface area contributed by atoms with E-state index < -0.39 is 5.82 Å². The Hall–Kier alpha value is -2.71. The van der Waals surface area contributed by atoms with Crippen LogP contribution in [0.1, 0.15) is 0 Å². The first-order chi connectivity index (χ1) is 14.0. The average molecular weight is 412 g/mol. The first-order valence-corrected chi connectivity index (χ1v) is 10.4. The van der Waals surface area contributed by atoms with E-state index in [1.54, 1.807) is 42.5 Å². The van der Waals surface area contributed by atoms with Crippen molar-refractivity contribution in [1.82, 2.24) is 19.4 Å². The van der Waals surface area contributed by atoms with E-state index in [1.807, 2.05) is 11.9 Å². The number of likely N-dealkylation sites (N-methyl/N-ethyl adjacent to an activating group) is 1. The molecular weight excluding hydrogens is 391 g/mol. The quantitative estimate of drug-likeness (QED) is 0.487. The topological polar surface area (TPSA) is 58.4 Å². The Kier molecular flexibility index (Phi) is 5.64. The van der Waals surface area contributed by atoms with E-state index in [4.69, 9.17) is 0 Å². The van der Waals surface area contributed by atoms with Crippen LogP contribution in [0.15, 0.2) is 58.5 Å². The summed E-state index contributed by atoms with van der Waals surface area (Å²) in [5, 5.41) is 0.715. The van der Waals surface area contributed by atoms with Gasteiger partial charge in [-0.3, -0.25) is 14.2 Å². The number of hydrogen-bond acceptors (Lipinski definition) is 5. The molecule has 150 valence electrons. The van der Waals surface area contributed by atoms with Crippen LogP contribution >= 0.6 is 11.8 Å². The number of aromatic nitrogens is 2. The average Bonchev–Trinajstić information content (AvgIpc) is 2.73. The molecule has 0 radical (unpaired) electrons. The number of piperazine rings is 1. The summed E-state index contributed by atoms with van der Waals surface area (Å²) in [6.07, 6.45) is 0. The van der Waals surface area contributed by atoms with Crippen LogP contribution in [0.25, 0.3) is 16.6 Å². The van der Waals surface area contributed by atoms with Gasteiger partial charge in [-0.25, -0.2) is 9.37 Å². The summed E-state index contributed by atoms with van der Waals surface area (Å²) >= 11 is 1.16. The number of thioether (sulfide) groups is 1. The van der Waals surface area contributed by atoms with E-state index in [0.29, 0.717) is 29.1 Å². The van der Waals surface area contributed by atoms with Crippen LogP contribution in [-0.4, -0.2) is 64.2 Å². The zero-order valence-electron chi connectivity index (χ0n) is 16.0. The number of halogens is 1. The highest BCUT2D eigenvalue weighted by atomic mass is 32.2. The molecule has 3 aromatic rings. The summed E-state index contributed by atoms with van der Waals surface area (Å²) in [6.45, 7) is 3.04. The lowest BCUT2D eigenvalue weighted by molar-refractivity contribution is -0.129. The number of carbonyl (C=O) groups is 1. The maximum atomic E-state index is 14.5. The van der Waals surface area contributed by atoms with Gasteiger partial charge in [-0.2, -0.15) is 0 Å². The number of para-hydroxylation sites is 2. The molecule has 0 bridgehead atoms. The minimum absolute atomic E-state index is 0.00871. The summed E-state index contributed by atoms with van der Waals surface area (Å²) in [5.41, 5.74) is 0.306. The fourth-order valence-corrected chi connectivity index (χ4v) is 4.24. The zero-order valence-corrected chi connectivity index (χ0v) is 16.9. The molecule has 0 aliphatic carbocycles. The Bertz CT molecular complexity index is 1110. The molecular formula is C21H21FN4O2S. The molecule has 2 aromatic carbocycles. The Morgan fingerprint density at radius 3 is 2.52 bits per heavy atom. The van der Waals surface area contributed by atoms with Crippen LogP contribution in [0.4, 0.5) is 4.39 Å². The third-order valence-corrected chi connectivity index (χ3v) is 5.94. The van der Waals surface area contributed by atoms with E-state index in [1.165, 1.54) is 10.6 Å². The number of hydrogen-bond donors (Lipinski definition) is 0. The van der Waals surface area contributed by atoms with Gasteiger partial charge >= 0.3 is 0 Å². The Morgan fingerprint density at radius 1 is 1.07 bits per heavy atom. The molecule has 1 fully saturated rings. The van der Waals surface area contributed by atoms with Crippen molar-refractivity contribution < 1.29 is 9.18 Å². The number of amides is 1. The van der Waals surface area contributed by atoms with E-state index in [0.717, 1.165) is 24.9 Å². The molecule has 8 heteroatoms. The van der Waals surface area contributed by atoms with E-state index in [-0.39, 0.29) is 22.9 Å². The third kappa shape index (κ3) is 4.04. The number of carbonyl (C=O) groups excluding carboxylic acids is 1. The Morgan fingerprint density at radius 2 is 1.76 bits per heavy atom. The highest BCUT2D eigenvalue weighted by Crippen LogP contribution is 2.23. The van der Waals surface area contributed by atoms with Crippen molar-refractivity contribution >= 4 is 28.6 Å². The van der Waals surface area contributed by atoms with Gasteiger partial charge in [0.25, 0.3) is 5.56 Å². The second kappa shape index (κ2) is 8.34. The number of rotatable bonds is 4. The van der Waals surface area contributed by atoms with Gasteiger partial charge in [0.15, 0.2) is 5.16 Å². The molecule has 29 heavy (non-hydrogen) atoms. The van der Waals surface area contributed by atoms with E-state index in [2.05, 4.69) is 9.88 Å². The minimum Gasteiger partial charge on any atom is -0.339 e. The van der Waals surface area contributed by atoms with Gasteiger partial charge in [-0.15, -0.1) is 0 Å². The van der Waals surface area contributed by atoms with E-state index >= 15 is 0 Å². The molecule has 0 atom stereocenters.